The van der Waals surface area contributed by atoms with Crippen LogP contribution in [0.4, 0.5) is 4.79 Å². The molecular weight excluding hydrogens is 416 g/mol. The zero-order valence-corrected chi connectivity index (χ0v) is 17.3. The van der Waals surface area contributed by atoms with E-state index in [9.17, 15) is 14.4 Å². The summed E-state index contributed by atoms with van der Waals surface area (Å²) in [5, 5.41) is 11.8. The van der Waals surface area contributed by atoms with Gasteiger partial charge in [-0.3, -0.25) is 23.9 Å². The van der Waals surface area contributed by atoms with Crippen molar-refractivity contribution < 1.29 is 9.59 Å². The summed E-state index contributed by atoms with van der Waals surface area (Å²) in [7, 11) is 0. The van der Waals surface area contributed by atoms with Gasteiger partial charge in [0.2, 0.25) is 11.7 Å². The van der Waals surface area contributed by atoms with Crippen molar-refractivity contribution in [3.8, 4) is 0 Å². The van der Waals surface area contributed by atoms with Crippen molar-refractivity contribution in [2.45, 2.75) is 24.5 Å². The van der Waals surface area contributed by atoms with Crippen molar-refractivity contribution in [2.24, 2.45) is 5.73 Å². The van der Waals surface area contributed by atoms with Gasteiger partial charge >= 0.3 is 6.03 Å². The number of benzene rings is 2. The summed E-state index contributed by atoms with van der Waals surface area (Å²) in [6, 6.07) is 16.2. The van der Waals surface area contributed by atoms with E-state index in [0.717, 1.165) is 11.1 Å². The summed E-state index contributed by atoms with van der Waals surface area (Å²) >= 11 is 1.43. The minimum atomic E-state index is -0.857. The number of carbonyl (C=O) groups excluding carboxylic acids is 2. The Morgan fingerprint density at radius 3 is 2.55 bits per heavy atom. The third-order valence-electron chi connectivity index (χ3n) is 4.70. The molecule has 0 saturated carbocycles. The Morgan fingerprint density at radius 2 is 1.77 bits per heavy atom. The van der Waals surface area contributed by atoms with Gasteiger partial charge in [-0.05, 0) is 24.1 Å². The fourth-order valence-corrected chi connectivity index (χ4v) is 4.21. The number of primary amides is 1. The second-order valence-electron chi connectivity index (χ2n) is 6.88. The molecular formula is C21H20N6O3S. The van der Waals surface area contributed by atoms with Crippen LogP contribution in [0.1, 0.15) is 18.4 Å². The van der Waals surface area contributed by atoms with E-state index in [1.165, 1.54) is 11.8 Å². The SMILES string of the molecule is NC(=O)NC(=O)CCCSc1nnc2n(Cc3ccccc3)c(=O)c3ccccc3n12. The molecule has 2 aromatic carbocycles. The number of rotatable bonds is 7. The smallest absolute Gasteiger partial charge is 0.318 e. The molecule has 0 unspecified atom stereocenters. The van der Waals surface area contributed by atoms with Crippen LogP contribution in [0.5, 0.6) is 0 Å². The molecule has 3 N–H and O–H groups in total. The maximum atomic E-state index is 13.2. The fourth-order valence-electron chi connectivity index (χ4n) is 3.33. The third-order valence-corrected chi connectivity index (χ3v) is 5.72. The minimum absolute atomic E-state index is 0.126. The molecule has 2 heterocycles. The number of nitrogens with one attached hydrogen (secondary N) is 1. The van der Waals surface area contributed by atoms with Gasteiger partial charge in [0.1, 0.15) is 0 Å². The topological polar surface area (TPSA) is 124 Å². The van der Waals surface area contributed by atoms with Crippen LogP contribution < -0.4 is 16.6 Å². The lowest BCUT2D eigenvalue weighted by atomic mass is 10.2. The number of hydrogen-bond acceptors (Lipinski definition) is 6. The summed E-state index contributed by atoms with van der Waals surface area (Å²) in [6.45, 7) is 0.379. The molecule has 2 aromatic heterocycles. The Balaban J connectivity index is 1.66. The highest BCUT2D eigenvalue weighted by molar-refractivity contribution is 7.99. The Bertz CT molecular complexity index is 1320. The van der Waals surface area contributed by atoms with Gasteiger partial charge in [-0.2, -0.15) is 0 Å². The summed E-state index contributed by atoms with van der Waals surface area (Å²) in [6.07, 6.45) is 0.701. The molecule has 31 heavy (non-hydrogen) atoms. The molecule has 0 fully saturated rings. The predicted octanol–water partition coefficient (Wildman–Crippen LogP) is 2.16. The number of imide groups is 1. The largest absolute Gasteiger partial charge is 0.351 e. The highest BCUT2D eigenvalue weighted by Gasteiger charge is 2.17. The first-order valence-electron chi connectivity index (χ1n) is 9.67. The van der Waals surface area contributed by atoms with Gasteiger partial charge in [0, 0.05) is 12.2 Å². The maximum absolute atomic E-state index is 13.2. The molecule has 0 bridgehead atoms. The molecule has 0 aliphatic rings. The zero-order valence-electron chi connectivity index (χ0n) is 16.5. The number of aromatic nitrogens is 4. The van der Waals surface area contributed by atoms with Gasteiger partial charge in [0.25, 0.3) is 5.56 Å². The highest BCUT2D eigenvalue weighted by Crippen LogP contribution is 2.22. The highest BCUT2D eigenvalue weighted by atomic mass is 32.2. The molecule has 3 amide bonds. The lowest BCUT2D eigenvalue weighted by Gasteiger charge is -2.11. The Morgan fingerprint density at radius 1 is 1.03 bits per heavy atom. The van der Waals surface area contributed by atoms with Gasteiger partial charge < -0.3 is 5.73 Å². The number of amides is 3. The van der Waals surface area contributed by atoms with E-state index < -0.39 is 11.9 Å². The van der Waals surface area contributed by atoms with Crippen LogP contribution in [-0.2, 0) is 11.3 Å². The van der Waals surface area contributed by atoms with Gasteiger partial charge in [0.15, 0.2) is 5.16 Å². The van der Waals surface area contributed by atoms with Crippen LogP contribution in [0.15, 0.2) is 64.5 Å². The molecule has 0 atom stereocenters. The maximum Gasteiger partial charge on any atom is 0.318 e. The summed E-state index contributed by atoms with van der Waals surface area (Å²) in [4.78, 5) is 35.5. The van der Waals surface area contributed by atoms with E-state index in [-0.39, 0.29) is 12.0 Å². The molecule has 0 aliphatic carbocycles. The van der Waals surface area contributed by atoms with E-state index in [1.807, 2.05) is 58.2 Å². The quantitative estimate of drug-likeness (QED) is 0.338. The lowest BCUT2D eigenvalue weighted by molar-refractivity contribution is -0.119. The zero-order chi connectivity index (χ0) is 21.8. The van der Waals surface area contributed by atoms with Crippen LogP contribution in [0, 0.1) is 0 Å². The average molecular weight is 436 g/mol. The summed E-state index contributed by atoms with van der Waals surface area (Å²) < 4.78 is 3.49. The second kappa shape index (κ2) is 9.00. The van der Waals surface area contributed by atoms with Gasteiger partial charge in [0.05, 0.1) is 17.4 Å². The molecule has 10 heteroatoms. The van der Waals surface area contributed by atoms with Crippen LogP contribution in [0.2, 0.25) is 0 Å². The van der Waals surface area contributed by atoms with Crippen LogP contribution in [0.25, 0.3) is 16.7 Å². The van der Waals surface area contributed by atoms with Gasteiger partial charge in [-0.1, -0.05) is 54.2 Å². The van der Waals surface area contributed by atoms with Gasteiger partial charge in [-0.25, -0.2) is 4.79 Å². The monoisotopic (exact) mass is 436 g/mol. The van der Waals surface area contributed by atoms with E-state index >= 15 is 0 Å². The van der Waals surface area contributed by atoms with Crippen LogP contribution in [-0.4, -0.2) is 36.9 Å². The number of para-hydroxylation sites is 1. The fraction of sp³-hybridized carbons (Fsp3) is 0.190. The number of nitrogens with two attached hydrogens (primary N) is 1. The average Bonchev–Trinajstić information content (AvgIpc) is 3.18. The van der Waals surface area contributed by atoms with Crippen molar-refractivity contribution in [1.29, 1.82) is 0 Å². The Kier molecular flexibility index (Phi) is 5.99. The second-order valence-corrected chi connectivity index (χ2v) is 7.94. The molecule has 0 spiro atoms. The molecule has 0 radical (unpaired) electrons. The van der Waals surface area contributed by atoms with Crippen molar-refractivity contribution in [1.82, 2.24) is 24.5 Å². The van der Waals surface area contributed by atoms with E-state index in [2.05, 4.69) is 10.2 Å². The lowest BCUT2D eigenvalue weighted by Crippen LogP contribution is -2.34. The predicted molar refractivity (Wildman–Crippen MR) is 118 cm³/mol. The number of nitrogens with zero attached hydrogens (tertiary/aromatic N) is 4. The Labute approximate surface area is 181 Å². The minimum Gasteiger partial charge on any atom is -0.351 e. The normalized spacial score (nSPS) is 11.1. The molecule has 0 saturated heterocycles. The van der Waals surface area contributed by atoms with Crippen molar-refractivity contribution in [2.75, 3.05) is 5.75 Å². The van der Waals surface area contributed by atoms with Crippen LogP contribution in [0.3, 0.4) is 0 Å². The van der Waals surface area contributed by atoms with Gasteiger partial charge in [-0.15, -0.1) is 10.2 Å². The first-order valence-corrected chi connectivity index (χ1v) is 10.7. The number of fused-ring (bicyclic) bond motifs is 3. The Hall–Kier alpha value is -3.66. The number of hydrogen-bond donors (Lipinski definition) is 2. The molecule has 9 nitrogen and oxygen atoms in total. The van der Waals surface area contributed by atoms with Crippen molar-refractivity contribution in [3.63, 3.8) is 0 Å². The van der Waals surface area contributed by atoms with E-state index in [1.54, 1.807) is 10.6 Å². The number of carbonyl (C=O) groups is 2. The third kappa shape index (κ3) is 4.43. The molecule has 0 aliphatic heterocycles. The van der Waals surface area contributed by atoms with E-state index in [4.69, 9.17) is 5.73 Å². The first kappa shape index (κ1) is 20.6. The molecule has 4 aromatic rings. The van der Waals surface area contributed by atoms with Crippen molar-refractivity contribution in [3.05, 3.63) is 70.5 Å². The first-order chi connectivity index (χ1) is 15.0. The molecule has 158 valence electrons. The van der Waals surface area contributed by atoms with Crippen molar-refractivity contribution >= 4 is 40.4 Å². The standard InChI is InChI=1S/C21H20N6O3S/c22-19(30)23-17(28)11-6-12-31-21-25-24-20-26(13-14-7-2-1-3-8-14)18(29)15-9-4-5-10-16(15)27(20)21/h1-5,7-10H,6,11-13H2,(H3,22,23,28,30). The summed E-state index contributed by atoms with van der Waals surface area (Å²) in [5.41, 5.74) is 6.53. The number of thioether (sulfide) groups is 1. The van der Waals surface area contributed by atoms with E-state index in [0.29, 0.717) is 35.0 Å². The number of urea groups is 1. The van der Waals surface area contributed by atoms with Crippen LogP contribution >= 0.6 is 11.8 Å². The molecule has 4 rings (SSSR count). The summed E-state index contributed by atoms with van der Waals surface area (Å²) in [5.74, 6) is 0.627.